The summed E-state index contributed by atoms with van der Waals surface area (Å²) in [6.07, 6.45) is 2.23. The Hall–Kier alpha value is -1.60. The fourth-order valence-corrected chi connectivity index (χ4v) is 4.78. The molecule has 1 fully saturated rings. The van der Waals surface area contributed by atoms with E-state index in [4.69, 9.17) is 0 Å². The maximum absolute atomic E-state index is 12.4. The molecule has 1 N–H and O–H groups in total. The topological polar surface area (TPSA) is 58.1 Å². The van der Waals surface area contributed by atoms with E-state index in [2.05, 4.69) is 53.6 Å². The number of hydrogen-bond acceptors (Lipinski definition) is 6. The fourth-order valence-electron chi connectivity index (χ4n) is 2.78. The van der Waals surface area contributed by atoms with Crippen molar-refractivity contribution >= 4 is 39.8 Å². The second-order valence-electron chi connectivity index (χ2n) is 6.57. The van der Waals surface area contributed by atoms with Gasteiger partial charge in [-0.1, -0.05) is 49.1 Å². The van der Waals surface area contributed by atoms with Crippen LogP contribution in [-0.4, -0.2) is 39.3 Å². The van der Waals surface area contributed by atoms with E-state index in [-0.39, 0.29) is 11.2 Å². The molecule has 1 amide bonds. The van der Waals surface area contributed by atoms with Gasteiger partial charge in [0.2, 0.25) is 11.0 Å². The van der Waals surface area contributed by atoms with Gasteiger partial charge in [0.1, 0.15) is 0 Å². The number of nitrogens with one attached hydrogen (secondary N) is 1. The molecule has 1 aromatic carbocycles. The maximum atomic E-state index is 12.4. The molecule has 0 saturated carbocycles. The van der Waals surface area contributed by atoms with Crippen molar-refractivity contribution < 1.29 is 4.79 Å². The summed E-state index contributed by atoms with van der Waals surface area (Å²) in [5, 5.41) is 12.3. The molecule has 0 unspecified atom stereocenters. The van der Waals surface area contributed by atoms with E-state index >= 15 is 0 Å². The van der Waals surface area contributed by atoms with Gasteiger partial charge < -0.3 is 10.2 Å². The third kappa shape index (κ3) is 4.73. The van der Waals surface area contributed by atoms with Gasteiger partial charge in [0, 0.05) is 18.8 Å². The Morgan fingerprint density at radius 1 is 1.16 bits per heavy atom. The molecule has 1 saturated heterocycles. The van der Waals surface area contributed by atoms with E-state index in [0.29, 0.717) is 5.92 Å². The van der Waals surface area contributed by atoms with Crippen LogP contribution in [0.2, 0.25) is 0 Å². The summed E-state index contributed by atoms with van der Waals surface area (Å²) in [6, 6.07) is 8.37. The normalized spacial score (nSPS) is 15.6. The van der Waals surface area contributed by atoms with Gasteiger partial charge in [-0.25, -0.2) is 0 Å². The van der Waals surface area contributed by atoms with E-state index in [1.807, 2.05) is 11.8 Å². The number of rotatable bonds is 6. The molecule has 25 heavy (non-hydrogen) atoms. The van der Waals surface area contributed by atoms with Crippen LogP contribution in [0.1, 0.15) is 45.1 Å². The Kier molecular flexibility index (Phi) is 5.96. The highest BCUT2D eigenvalue weighted by Gasteiger charge is 2.25. The van der Waals surface area contributed by atoms with Gasteiger partial charge in [0.15, 0.2) is 4.34 Å². The third-order valence-corrected chi connectivity index (χ3v) is 6.29. The quantitative estimate of drug-likeness (QED) is 0.752. The Balaban J connectivity index is 1.57. The lowest BCUT2D eigenvalue weighted by Crippen LogP contribution is -2.33. The monoisotopic (exact) mass is 376 g/mol. The van der Waals surface area contributed by atoms with E-state index < -0.39 is 0 Å². The predicted octanol–water partition coefficient (Wildman–Crippen LogP) is 4.51. The first kappa shape index (κ1) is 18.2. The molecule has 134 valence electrons. The van der Waals surface area contributed by atoms with E-state index in [1.54, 1.807) is 0 Å². The van der Waals surface area contributed by atoms with Crippen LogP contribution in [0.25, 0.3) is 0 Å². The number of likely N-dealkylation sites (tertiary alicyclic amines) is 1. The largest absolute Gasteiger partial charge is 0.342 e. The Morgan fingerprint density at radius 3 is 2.48 bits per heavy atom. The van der Waals surface area contributed by atoms with Gasteiger partial charge in [-0.3, -0.25) is 4.79 Å². The average molecular weight is 377 g/mol. The van der Waals surface area contributed by atoms with Gasteiger partial charge in [0.05, 0.1) is 5.25 Å². The lowest BCUT2D eigenvalue weighted by atomic mass is 10.0. The first-order valence-electron chi connectivity index (χ1n) is 8.69. The van der Waals surface area contributed by atoms with Crippen LogP contribution in [0.4, 0.5) is 10.8 Å². The molecule has 0 bridgehead atoms. The number of benzene rings is 1. The molecule has 7 heteroatoms. The SMILES string of the molecule is CC(C)c1ccc(Nc2nnc(S[C@@H](C)C(=O)N3CCCC3)s2)cc1. The molecule has 1 atom stereocenters. The van der Waals surface area contributed by atoms with Crippen LogP contribution in [0.15, 0.2) is 28.6 Å². The van der Waals surface area contributed by atoms with Gasteiger partial charge >= 0.3 is 0 Å². The van der Waals surface area contributed by atoms with Crippen LogP contribution < -0.4 is 5.32 Å². The number of nitrogens with zero attached hydrogens (tertiary/aromatic N) is 3. The smallest absolute Gasteiger partial charge is 0.235 e. The summed E-state index contributed by atoms with van der Waals surface area (Å²) < 4.78 is 0.821. The number of anilines is 2. The predicted molar refractivity (Wildman–Crippen MR) is 105 cm³/mol. The molecule has 5 nitrogen and oxygen atoms in total. The standard InChI is InChI=1S/C18H24N4OS2/c1-12(2)14-6-8-15(9-7-14)19-17-20-21-18(25-17)24-13(3)16(23)22-10-4-5-11-22/h6-9,12-13H,4-5,10-11H2,1-3H3,(H,19,20)/t13-/m0/s1. The highest BCUT2D eigenvalue weighted by atomic mass is 32.2. The van der Waals surface area contributed by atoms with Crippen LogP contribution in [-0.2, 0) is 4.79 Å². The molecule has 2 heterocycles. The Labute approximate surface area is 157 Å². The minimum absolute atomic E-state index is 0.121. The number of carbonyl (C=O) groups is 1. The number of carbonyl (C=O) groups excluding carboxylic acids is 1. The number of hydrogen-bond donors (Lipinski definition) is 1. The molecule has 0 aliphatic carbocycles. The summed E-state index contributed by atoms with van der Waals surface area (Å²) in [6.45, 7) is 8.09. The minimum atomic E-state index is -0.121. The number of thioether (sulfide) groups is 1. The minimum Gasteiger partial charge on any atom is -0.342 e. The molecule has 1 aromatic heterocycles. The molecule has 1 aliphatic heterocycles. The third-order valence-electron chi connectivity index (χ3n) is 4.28. The van der Waals surface area contributed by atoms with Crippen LogP contribution in [0, 0.1) is 0 Å². The first-order valence-corrected chi connectivity index (χ1v) is 10.4. The maximum Gasteiger partial charge on any atom is 0.235 e. The zero-order valence-electron chi connectivity index (χ0n) is 14.9. The second kappa shape index (κ2) is 8.19. The van der Waals surface area contributed by atoms with Crippen LogP contribution >= 0.6 is 23.1 Å². The van der Waals surface area contributed by atoms with Crippen LogP contribution in [0.5, 0.6) is 0 Å². The van der Waals surface area contributed by atoms with Gasteiger partial charge in [-0.2, -0.15) is 0 Å². The van der Waals surface area contributed by atoms with Crippen molar-refractivity contribution in [2.24, 2.45) is 0 Å². The second-order valence-corrected chi connectivity index (χ2v) is 9.13. The van der Waals surface area contributed by atoms with E-state index in [0.717, 1.165) is 41.1 Å². The lowest BCUT2D eigenvalue weighted by molar-refractivity contribution is -0.129. The lowest BCUT2D eigenvalue weighted by Gasteiger charge is -2.18. The number of amides is 1. The molecular weight excluding hydrogens is 352 g/mol. The number of aromatic nitrogens is 2. The van der Waals surface area contributed by atoms with Crippen molar-refractivity contribution in [2.75, 3.05) is 18.4 Å². The highest BCUT2D eigenvalue weighted by molar-refractivity contribution is 8.02. The van der Waals surface area contributed by atoms with Crippen molar-refractivity contribution in [1.82, 2.24) is 15.1 Å². The summed E-state index contributed by atoms with van der Waals surface area (Å²) in [4.78, 5) is 14.3. The molecule has 0 spiro atoms. The molecule has 3 rings (SSSR count). The summed E-state index contributed by atoms with van der Waals surface area (Å²) in [5.41, 5.74) is 2.31. The van der Waals surface area contributed by atoms with Gasteiger partial charge in [-0.15, -0.1) is 10.2 Å². The summed E-state index contributed by atoms with van der Waals surface area (Å²) in [5.74, 6) is 0.727. The van der Waals surface area contributed by atoms with Crippen LogP contribution in [0.3, 0.4) is 0 Å². The Bertz CT molecular complexity index is 708. The van der Waals surface area contributed by atoms with Crippen molar-refractivity contribution in [1.29, 1.82) is 0 Å². The van der Waals surface area contributed by atoms with Crippen molar-refractivity contribution in [3.05, 3.63) is 29.8 Å². The van der Waals surface area contributed by atoms with Crippen molar-refractivity contribution in [2.45, 2.75) is 49.1 Å². The van der Waals surface area contributed by atoms with Gasteiger partial charge in [0.25, 0.3) is 0 Å². The molecular formula is C18H24N4OS2. The zero-order chi connectivity index (χ0) is 17.8. The van der Waals surface area contributed by atoms with Crippen molar-refractivity contribution in [3.63, 3.8) is 0 Å². The fraction of sp³-hybridized carbons (Fsp3) is 0.500. The zero-order valence-corrected chi connectivity index (χ0v) is 16.5. The molecule has 0 radical (unpaired) electrons. The van der Waals surface area contributed by atoms with Gasteiger partial charge in [-0.05, 0) is 43.4 Å². The first-order chi connectivity index (χ1) is 12.0. The summed E-state index contributed by atoms with van der Waals surface area (Å²) >= 11 is 2.98. The highest BCUT2D eigenvalue weighted by Crippen LogP contribution is 2.31. The van der Waals surface area contributed by atoms with E-state index in [1.165, 1.54) is 28.7 Å². The Morgan fingerprint density at radius 2 is 1.84 bits per heavy atom. The molecule has 2 aromatic rings. The average Bonchev–Trinajstić information content (AvgIpc) is 3.27. The van der Waals surface area contributed by atoms with Crippen molar-refractivity contribution in [3.8, 4) is 0 Å². The molecule has 1 aliphatic rings. The summed E-state index contributed by atoms with van der Waals surface area (Å²) in [7, 11) is 0. The van der Waals surface area contributed by atoms with E-state index in [9.17, 15) is 4.79 Å².